The van der Waals surface area contributed by atoms with Crippen molar-refractivity contribution in [3.63, 3.8) is 0 Å². The van der Waals surface area contributed by atoms with E-state index in [2.05, 4.69) is 13.8 Å². The molecule has 0 radical (unpaired) electrons. The Balaban J connectivity index is 2.26. The molecule has 0 aromatic carbocycles. The second-order valence-corrected chi connectivity index (χ2v) is 3.42. The van der Waals surface area contributed by atoms with Crippen molar-refractivity contribution in [3.05, 3.63) is 0 Å². The molecule has 1 heterocycles. The Labute approximate surface area is 50.0 Å². The third kappa shape index (κ3) is 0.334. The molecular weight excluding hydrogens is 100 g/mol. The lowest BCUT2D eigenvalue weighted by Crippen LogP contribution is -2.10. The monoisotopic (exact) mass is 112 g/mol. The van der Waals surface area contributed by atoms with Crippen LogP contribution in [0, 0.1) is 0 Å². The highest BCUT2D eigenvalue weighted by Crippen LogP contribution is 2.58. The zero-order valence-corrected chi connectivity index (χ0v) is 5.53. The highest BCUT2D eigenvalue weighted by molar-refractivity contribution is 5.14. The summed E-state index contributed by atoms with van der Waals surface area (Å²) < 4.78 is 5.53. The summed E-state index contributed by atoms with van der Waals surface area (Å²) in [6.45, 7) is 4.44. The van der Waals surface area contributed by atoms with Gasteiger partial charge in [0.2, 0.25) is 0 Å². The van der Waals surface area contributed by atoms with Gasteiger partial charge in [0.1, 0.15) is 0 Å². The van der Waals surface area contributed by atoms with E-state index < -0.39 is 0 Å². The van der Waals surface area contributed by atoms with Gasteiger partial charge in [-0.15, -0.1) is 0 Å². The lowest BCUT2D eigenvalue weighted by Gasteiger charge is -1.95. The maximum Gasteiger partial charge on any atom is 0.0949 e. The van der Waals surface area contributed by atoms with Gasteiger partial charge in [0.05, 0.1) is 11.2 Å². The zero-order chi connectivity index (χ0) is 5.83. The van der Waals surface area contributed by atoms with E-state index in [1.165, 1.54) is 19.3 Å². The Kier molecular flexibility index (Phi) is 0.583. The molecule has 0 N–H and O–H groups in total. The molecule has 0 spiro atoms. The molecule has 0 amide bonds. The van der Waals surface area contributed by atoms with Crippen LogP contribution in [0.5, 0.6) is 0 Å². The fourth-order valence-corrected chi connectivity index (χ4v) is 1.87. The Morgan fingerprint density at radius 2 is 1.62 bits per heavy atom. The average Bonchev–Trinajstić information content (AvgIpc) is 2.00. The molecule has 0 aromatic rings. The van der Waals surface area contributed by atoms with E-state index in [9.17, 15) is 0 Å². The van der Waals surface area contributed by atoms with E-state index in [1.807, 2.05) is 0 Å². The number of hydrogen-bond donors (Lipinski definition) is 0. The molecule has 46 valence electrons. The van der Waals surface area contributed by atoms with E-state index >= 15 is 0 Å². The molecule has 2 aliphatic rings. The lowest BCUT2D eigenvalue weighted by atomic mass is 10.0. The van der Waals surface area contributed by atoms with Crippen molar-refractivity contribution in [2.75, 3.05) is 0 Å². The highest BCUT2D eigenvalue weighted by Gasteiger charge is 2.65. The van der Waals surface area contributed by atoms with Crippen molar-refractivity contribution >= 4 is 0 Å². The molecule has 2 fully saturated rings. The number of ether oxygens (including phenoxy) is 1. The van der Waals surface area contributed by atoms with Gasteiger partial charge in [-0.2, -0.15) is 0 Å². The molecule has 1 saturated heterocycles. The molecule has 2 rings (SSSR count). The van der Waals surface area contributed by atoms with Gasteiger partial charge in [-0.05, 0) is 33.1 Å². The number of fused-ring (bicyclic) bond motifs is 1. The largest absolute Gasteiger partial charge is 0.363 e. The normalized spacial score (nSPS) is 60.8. The second kappa shape index (κ2) is 0.971. The predicted octanol–water partition coefficient (Wildman–Crippen LogP) is 1.72. The number of epoxide rings is 1. The van der Waals surface area contributed by atoms with Crippen molar-refractivity contribution < 1.29 is 4.74 Å². The first-order chi connectivity index (χ1) is 3.66. The van der Waals surface area contributed by atoms with Crippen molar-refractivity contribution in [3.8, 4) is 0 Å². The number of hydrogen-bond acceptors (Lipinski definition) is 1. The topological polar surface area (TPSA) is 12.5 Å². The van der Waals surface area contributed by atoms with Crippen molar-refractivity contribution in [1.29, 1.82) is 0 Å². The fourth-order valence-electron chi connectivity index (χ4n) is 1.87. The molecular formula is C7H12O. The molecule has 0 aromatic heterocycles. The third-order valence-electron chi connectivity index (χ3n) is 2.84. The van der Waals surface area contributed by atoms with E-state index in [1.54, 1.807) is 0 Å². The van der Waals surface area contributed by atoms with Crippen LogP contribution in [-0.2, 0) is 4.74 Å². The smallest absolute Gasteiger partial charge is 0.0949 e. The zero-order valence-electron chi connectivity index (χ0n) is 5.53. The summed E-state index contributed by atoms with van der Waals surface area (Å²) in [5, 5.41) is 0. The minimum atomic E-state index is 0.299. The maximum absolute atomic E-state index is 5.53. The maximum atomic E-state index is 5.53. The first-order valence-electron chi connectivity index (χ1n) is 3.37. The summed E-state index contributed by atoms with van der Waals surface area (Å²) in [6, 6.07) is 0. The minimum Gasteiger partial charge on any atom is -0.363 e. The first-order valence-corrected chi connectivity index (χ1v) is 3.37. The Morgan fingerprint density at radius 1 is 1.12 bits per heavy atom. The van der Waals surface area contributed by atoms with E-state index in [0.29, 0.717) is 11.2 Å². The van der Waals surface area contributed by atoms with Gasteiger partial charge in [0, 0.05) is 0 Å². The lowest BCUT2D eigenvalue weighted by molar-refractivity contribution is 0.232. The van der Waals surface area contributed by atoms with Gasteiger partial charge >= 0.3 is 0 Å². The molecule has 1 aliphatic heterocycles. The van der Waals surface area contributed by atoms with Crippen LogP contribution in [0.15, 0.2) is 0 Å². The van der Waals surface area contributed by atoms with Crippen LogP contribution in [0.4, 0.5) is 0 Å². The van der Waals surface area contributed by atoms with Crippen LogP contribution in [0.2, 0.25) is 0 Å². The predicted molar refractivity (Wildman–Crippen MR) is 31.7 cm³/mol. The first kappa shape index (κ1) is 4.80. The molecule has 2 atom stereocenters. The molecule has 0 bridgehead atoms. The Hall–Kier alpha value is -0.0400. The average molecular weight is 112 g/mol. The van der Waals surface area contributed by atoms with Crippen molar-refractivity contribution in [2.45, 2.75) is 44.3 Å². The summed E-state index contributed by atoms with van der Waals surface area (Å²) in [5.41, 5.74) is 0.597. The summed E-state index contributed by atoms with van der Waals surface area (Å²) in [7, 11) is 0. The molecule has 1 saturated carbocycles. The van der Waals surface area contributed by atoms with Gasteiger partial charge in [-0.25, -0.2) is 0 Å². The summed E-state index contributed by atoms with van der Waals surface area (Å²) >= 11 is 0. The van der Waals surface area contributed by atoms with E-state index in [-0.39, 0.29) is 0 Å². The highest BCUT2D eigenvalue weighted by atomic mass is 16.6. The summed E-state index contributed by atoms with van der Waals surface area (Å²) in [6.07, 6.45) is 3.93. The van der Waals surface area contributed by atoms with E-state index in [0.717, 1.165) is 0 Å². The Morgan fingerprint density at radius 3 is 1.75 bits per heavy atom. The van der Waals surface area contributed by atoms with Gasteiger partial charge in [-0.1, -0.05) is 0 Å². The molecule has 8 heavy (non-hydrogen) atoms. The summed E-state index contributed by atoms with van der Waals surface area (Å²) in [5.74, 6) is 0. The van der Waals surface area contributed by atoms with Gasteiger partial charge in [0.15, 0.2) is 0 Å². The summed E-state index contributed by atoms with van der Waals surface area (Å²) in [4.78, 5) is 0. The molecule has 2 unspecified atom stereocenters. The quantitative estimate of drug-likeness (QED) is 0.435. The van der Waals surface area contributed by atoms with Crippen LogP contribution >= 0.6 is 0 Å². The van der Waals surface area contributed by atoms with Crippen LogP contribution in [0.1, 0.15) is 33.1 Å². The van der Waals surface area contributed by atoms with Crippen LogP contribution in [0.25, 0.3) is 0 Å². The molecule has 1 heteroatoms. The molecule has 1 aliphatic carbocycles. The second-order valence-electron chi connectivity index (χ2n) is 3.42. The minimum absolute atomic E-state index is 0.299. The fraction of sp³-hybridized carbons (Fsp3) is 1.00. The van der Waals surface area contributed by atoms with Crippen LogP contribution in [-0.4, -0.2) is 11.2 Å². The number of rotatable bonds is 0. The van der Waals surface area contributed by atoms with Gasteiger partial charge < -0.3 is 4.74 Å². The standard InChI is InChI=1S/C7H12O/c1-6-4-3-5-7(6,2)8-6/h3-5H2,1-2H3. The van der Waals surface area contributed by atoms with Gasteiger partial charge in [-0.3, -0.25) is 0 Å². The Bertz CT molecular complexity index is 110. The van der Waals surface area contributed by atoms with Crippen LogP contribution in [0.3, 0.4) is 0 Å². The third-order valence-corrected chi connectivity index (χ3v) is 2.84. The van der Waals surface area contributed by atoms with Crippen molar-refractivity contribution in [2.24, 2.45) is 0 Å². The molecule has 1 nitrogen and oxygen atoms in total. The van der Waals surface area contributed by atoms with Gasteiger partial charge in [0.25, 0.3) is 0 Å². The van der Waals surface area contributed by atoms with Crippen molar-refractivity contribution in [1.82, 2.24) is 0 Å². The van der Waals surface area contributed by atoms with E-state index in [4.69, 9.17) is 4.74 Å². The van der Waals surface area contributed by atoms with Crippen LogP contribution < -0.4 is 0 Å². The SMILES string of the molecule is CC12CCCC1(C)O2.